The predicted octanol–water partition coefficient (Wildman–Crippen LogP) is 2.40. The van der Waals surface area contributed by atoms with Crippen LogP contribution < -0.4 is 0 Å². The zero-order valence-electron chi connectivity index (χ0n) is 9.20. The molecule has 15 heavy (non-hydrogen) atoms. The summed E-state index contributed by atoms with van der Waals surface area (Å²) < 4.78 is 5.17. The van der Waals surface area contributed by atoms with Gasteiger partial charge in [0.1, 0.15) is 11.9 Å². The second-order valence-electron chi connectivity index (χ2n) is 3.81. The van der Waals surface area contributed by atoms with E-state index in [0.29, 0.717) is 25.7 Å². The highest BCUT2D eigenvalue weighted by atomic mass is 16.5. The molecule has 0 heterocycles. The highest BCUT2D eigenvalue weighted by Gasteiger charge is 2.24. The third-order valence-electron chi connectivity index (χ3n) is 2.42. The van der Waals surface area contributed by atoms with Crippen LogP contribution in [0.4, 0.5) is 0 Å². The van der Waals surface area contributed by atoms with E-state index in [9.17, 15) is 9.59 Å². The Bertz CT molecular complexity index is 256. The van der Waals surface area contributed by atoms with Gasteiger partial charge in [0.2, 0.25) is 0 Å². The topological polar surface area (TPSA) is 43.4 Å². The number of rotatable bonds is 5. The lowest BCUT2D eigenvalue weighted by molar-refractivity contribution is -0.148. The minimum absolute atomic E-state index is 0.153. The molecule has 0 aromatic carbocycles. The van der Waals surface area contributed by atoms with E-state index in [1.54, 1.807) is 0 Å². The highest BCUT2D eigenvalue weighted by Crippen LogP contribution is 2.18. The predicted molar refractivity (Wildman–Crippen MR) is 57.4 cm³/mol. The van der Waals surface area contributed by atoms with Crippen LogP contribution in [0.1, 0.15) is 45.4 Å². The summed E-state index contributed by atoms with van der Waals surface area (Å²) in [6.45, 7) is 2.05. The number of carbonyl (C=O) groups is 2. The maximum Gasteiger partial charge on any atom is 0.306 e. The Labute approximate surface area is 90.5 Å². The number of hydrogen-bond acceptors (Lipinski definition) is 3. The van der Waals surface area contributed by atoms with Crippen LogP contribution in [-0.4, -0.2) is 17.9 Å². The lowest BCUT2D eigenvalue weighted by atomic mass is 10.2. The zero-order chi connectivity index (χ0) is 11.1. The summed E-state index contributed by atoms with van der Waals surface area (Å²) in [5.74, 6) is 0.0223. The van der Waals surface area contributed by atoms with Gasteiger partial charge < -0.3 is 4.74 Å². The Kier molecular flexibility index (Phi) is 5.08. The number of allylic oxidation sites excluding steroid dienone is 2. The van der Waals surface area contributed by atoms with E-state index in [1.807, 2.05) is 12.2 Å². The second-order valence-corrected chi connectivity index (χ2v) is 3.81. The van der Waals surface area contributed by atoms with Crippen molar-refractivity contribution in [3.63, 3.8) is 0 Å². The van der Waals surface area contributed by atoms with Crippen molar-refractivity contribution in [1.82, 2.24) is 0 Å². The van der Waals surface area contributed by atoms with E-state index in [2.05, 4.69) is 6.92 Å². The summed E-state index contributed by atoms with van der Waals surface area (Å²) in [6.07, 6.45) is 7.69. The summed E-state index contributed by atoms with van der Waals surface area (Å²) in [6, 6.07) is 0. The molecule has 0 bridgehead atoms. The number of ketones is 1. The van der Waals surface area contributed by atoms with E-state index in [0.717, 1.165) is 12.8 Å². The minimum atomic E-state index is -0.185. The average molecular weight is 210 g/mol. The first-order chi connectivity index (χ1) is 7.22. The quantitative estimate of drug-likeness (QED) is 0.517. The third kappa shape index (κ3) is 4.77. The van der Waals surface area contributed by atoms with E-state index < -0.39 is 0 Å². The lowest BCUT2D eigenvalue weighted by Crippen LogP contribution is -2.14. The van der Waals surface area contributed by atoms with Gasteiger partial charge in [-0.2, -0.15) is 0 Å². The lowest BCUT2D eigenvalue weighted by Gasteiger charge is -2.09. The Hall–Kier alpha value is -1.12. The average Bonchev–Trinajstić information content (AvgIpc) is 2.59. The van der Waals surface area contributed by atoms with Gasteiger partial charge in [-0.15, -0.1) is 0 Å². The van der Waals surface area contributed by atoms with Gasteiger partial charge in [0.05, 0.1) is 0 Å². The fourth-order valence-electron chi connectivity index (χ4n) is 1.61. The molecule has 1 rings (SSSR count). The normalized spacial score (nSPS) is 21.1. The van der Waals surface area contributed by atoms with Gasteiger partial charge in [0.15, 0.2) is 0 Å². The minimum Gasteiger partial charge on any atom is -0.462 e. The number of esters is 1. The molecule has 0 aromatic rings. The molecular formula is C12H18O3. The van der Waals surface area contributed by atoms with Crippen LogP contribution in [0, 0.1) is 0 Å². The molecule has 0 aromatic heterocycles. The smallest absolute Gasteiger partial charge is 0.306 e. The van der Waals surface area contributed by atoms with Gasteiger partial charge in [0.25, 0.3) is 0 Å². The van der Waals surface area contributed by atoms with Crippen molar-refractivity contribution in [2.45, 2.75) is 51.6 Å². The molecule has 1 unspecified atom stereocenters. The van der Waals surface area contributed by atoms with Crippen LogP contribution in [0.5, 0.6) is 0 Å². The number of Topliss-reactive ketones (excluding diaryl/α,β-unsaturated/α-hetero) is 1. The fourth-order valence-corrected chi connectivity index (χ4v) is 1.61. The maximum atomic E-state index is 11.3. The fraction of sp³-hybridized carbons (Fsp3) is 0.667. The first-order valence-electron chi connectivity index (χ1n) is 5.58. The van der Waals surface area contributed by atoms with Crippen molar-refractivity contribution >= 4 is 11.8 Å². The summed E-state index contributed by atoms with van der Waals surface area (Å²) >= 11 is 0. The highest BCUT2D eigenvalue weighted by molar-refractivity contribution is 5.81. The molecule has 3 nitrogen and oxygen atoms in total. The van der Waals surface area contributed by atoms with Crippen LogP contribution >= 0.6 is 0 Å². The molecule has 1 atom stereocenters. The zero-order valence-corrected chi connectivity index (χ0v) is 9.20. The SMILES string of the molecule is CCC=CCCC(=O)OC1CCC(=O)C1. The van der Waals surface area contributed by atoms with Crippen molar-refractivity contribution in [1.29, 1.82) is 0 Å². The van der Waals surface area contributed by atoms with E-state index in [1.165, 1.54) is 0 Å². The van der Waals surface area contributed by atoms with Crippen LogP contribution in [0.2, 0.25) is 0 Å². The van der Waals surface area contributed by atoms with Crippen LogP contribution in [-0.2, 0) is 14.3 Å². The monoisotopic (exact) mass is 210 g/mol. The number of carbonyl (C=O) groups excluding carboxylic acids is 2. The summed E-state index contributed by atoms with van der Waals surface area (Å²) in [7, 11) is 0. The van der Waals surface area contributed by atoms with Crippen molar-refractivity contribution in [3.8, 4) is 0 Å². The standard InChI is InChI=1S/C12H18O3/c1-2-3-4-5-6-12(14)15-11-8-7-10(13)9-11/h3-4,11H,2,5-9H2,1H3. The van der Waals surface area contributed by atoms with Crippen LogP contribution in [0.15, 0.2) is 12.2 Å². The molecule has 0 spiro atoms. The molecule has 84 valence electrons. The molecule has 0 radical (unpaired) electrons. The second kappa shape index (κ2) is 6.38. The Morgan fingerprint density at radius 2 is 2.33 bits per heavy atom. The molecule has 1 aliphatic carbocycles. The molecule has 0 N–H and O–H groups in total. The first kappa shape index (κ1) is 12.0. The van der Waals surface area contributed by atoms with E-state index in [4.69, 9.17) is 4.74 Å². The van der Waals surface area contributed by atoms with Gasteiger partial charge in [-0.05, 0) is 19.3 Å². The van der Waals surface area contributed by atoms with Gasteiger partial charge in [-0.3, -0.25) is 9.59 Å². The maximum absolute atomic E-state index is 11.3. The molecule has 1 saturated carbocycles. The summed E-state index contributed by atoms with van der Waals surface area (Å²) in [5.41, 5.74) is 0. The van der Waals surface area contributed by atoms with Gasteiger partial charge in [-0.1, -0.05) is 19.1 Å². The Balaban J connectivity index is 2.13. The summed E-state index contributed by atoms with van der Waals surface area (Å²) in [5, 5.41) is 0. The van der Waals surface area contributed by atoms with Crippen LogP contribution in [0.25, 0.3) is 0 Å². The molecule has 0 aliphatic heterocycles. The van der Waals surface area contributed by atoms with Crippen molar-refractivity contribution in [2.24, 2.45) is 0 Å². The third-order valence-corrected chi connectivity index (χ3v) is 2.42. The number of ether oxygens (including phenoxy) is 1. The largest absolute Gasteiger partial charge is 0.462 e. The van der Waals surface area contributed by atoms with E-state index >= 15 is 0 Å². The van der Waals surface area contributed by atoms with Gasteiger partial charge in [-0.25, -0.2) is 0 Å². The van der Waals surface area contributed by atoms with Crippen LogP contribution in [0.3, 0.4) is 0 Å². The molecule has 3 heteroatoms. The Morgan fingerprint density at radius 1 is 1.53 bits per heavy atom. The van der Waals surface area contributed by atoms with Crippen molar-refractivity contribution in [2.75, 3.05) is 0 Å². The van der Waals surface area contributed by atoms with Gasteiger partial charge in [0, 0.05) is 19.3 Å². The van der Waals surface area contributed by atoms with Crippen molar-refractivity contribution < 1.29 is 14.3 Å². The molecule has 1 aliphatic rings. The Morgan fingerprint density at radius 3 is 2.93 bits per heavy atom. The molecule has 1 fully saturated rings. The molecular weight excluding hydrogens is 192 g/mol. The number of hydrogen-bond donors (Lipinski definition) is 0. The molecule has 0 saturated heterocycles. The van der Waals surface area contributed by atoms with Gasteiger partial charge >= 0.3 is 5.97 Å². The van der Waals surface area contributed by atoms with E-state index in [-0.39, 0.29) is 17.9 Å². The summed E-state index contributed by atoms with van der Waals surface area (Å²) in [4.78, 5) is 22.2. The van der Waals surface area contributed by atoms with Crippen molar-refractivity contribution in [3.05, 3.63) is 12.2 Å². The molecule has 0 amide bonds. The first-order valence-corrected chi connectivity index (χ1v) is 5.58.